The standard InChI is InChI=1S/C9H15N/c1-4-6-7-8-9(3)10-5-2/h5,7-8H,2,4,6H2,1,3H3/b8-7-,10-9?. The first kappa shape index (κ1) is 9.15. The Bertz CT molecular complexity index is 143. The molecule has 0 aliphatic carbocycles. The summed E-state index contributed by atoms with van der Waals surface area (Å²) in [5, 5.41) is 0. The lowest BCUT2D eigenvalue weighted by molar-refractivity contribution is 0.959. The lowest BCUT2D eigenvalue weighted by Gasteiger charge is -1.86. The maximum absolute atomic E-state index is 3.99. The summed E-state index contributed by atoms with van der Waals surface area (Å²) in [7, 11) is 0. The monoisotopic (exact) mass is 137 g/mol. The minimum Gasteiger partial charge on any atom is -0.262 e. The Kier molecular flexibility index (Phi) is 5.74. The molecule has 0 atom stereocenters. The second kappa shape index (κ2) is 6.27. The van der Waals surface area contributed by atoms with Crippen LogP contribution < -0.4 is 0 Å². The SMILES string of the molecule is C=CN=C(C)/C=C\CCC. The molecule has 0 bridgehead atoms. The molecule has 0 aromatic heterocycles. The summed E-state index contributed by atoms with van der Waals surface area (Å²) in [4.78, 5) is 3.99. The number of unbranched alkanes of at least 4 members (excludes halogenated alkanes) is 1. The molecule has 0 aromatic carbocycles. The van der Waals surface area contributed by atoms with Gasteiger partial charge >= 0.3 is 0 Å². The number of aliphatic imine (C=N–C) groups is 1. The zero-order valence-corrected chi connectivity index (χ0v) is 6.80. The highest BCUT2D eigenvalue weighted by Crippen LogP contribution is 1.89. The van der Waals surface area contributed by atoms with Gasteiger partial charge < -0.3 is 0 Å². The van der Waals surface area contributed by atoms with Gasteiger partial charge in [-0.2, -0.15) is 0 Å². The van der Waals surface area contributed by atoms with Crippen molar-refractivity contribution in [2.45, 2.75) is 26.7 Å². The van der Waals surface area contributed by atoms with E-state index in [1.54, 1.807) is 6.20 Å². The molecule has 0 aliphatic heterocycles. The van der Waals surface area contributed by atoms with E-state index in [1.165, 1.54) is 6.42 Å². The molecule has 0 saturated carbocycles. The summed E-state index contributed by atoms with van der Waals surface area (Å²) in [5.41, 5.74) is 1.02. The highest BCUT2D eigenvalue weighted by Gasteiger charge is 1.77. The summed E-state index contributed by atoms with van der Waals surface area (Å²) >= 11 is 0. The van der Waals surface area contributed by atoms with E-state index in [0.717, 1.165) is 12.1 Å². The second-order valence-electron chi connectivity index (χ2n) is 2.14. The van der Waals surface area contributed by atoms with Crippen LogP contribution in [-0.4, -0.2) is 5.71 Å². The van der Waals surface area contributed by atoms with Crippen molar-refractivity contribution in [1.82, 2.24) is 0 Å². The van der Waals surface area contributed by atoms with Crippen molar-refractivity contribution in [3.63, 3.8) is 0 Å². The van der Waals surface area contributed by atoms with Crippen LogP contribution in [0.5, 0.6) is 0 Å². The molecule has 0 aromatic rings. The van der Waals surface area contributed by atoms with Gasteiger partial charge in [0, 0.05) is 11.9 Å². The third-order valence-corrected chi connectivity index (χ3v) is 1.11. The quantitative estimate of drug-likeness (QED) is 0.528. The molecule has 0 aliphatic rings. The lowest BCUT2D eigenvalue weighted by Crippen LogP contribution is -1.80. The van der Waals surface area contributed by atoms with Crippen LogP contribution in [0.2, 0.25) is 0 Å². The van der Waals surface area contributed by atoms with E-state index in [-0.39, 0.29) is 0 Å². The predicted molar refractivity (Wildman–Crippen MR) is 47.4 cm³/mol. The van der Waals surface area contributed by atoms with Crippen LogP contribution >= 0.6 is 0 Å². The first-order valence-electron chi connectivity index (χ1n) is 3.63. The van der Waals surface area contributed by atoms with Gasteiger partial charge in [0.25, 0.3) is 0 Å². The number of rotatable bonds is 4. The maximum Gasteiger partial charge on any atom is 0.0369 e. The van der Waals surface area contributed by atoms with Crippen molar-refractivity contribution in [3.05, 3.63) is 24.9 Å². The van der Waals surface area contributed by atoms with E-state index in [2.05, 4.69) is 24.6 Å². The first-order valence-corrected chi connectivity index (χ1v) is 3.63. The topological polar surface area (TPSA) is 12.4 Å². The summed E-state index contributed by atoms with van der Waals surface area (Å²) in [6.07, 6.45) is 8.03. The van der Waals surface area contributed by atoms with E-state index in [1.807, 2.05) is 13.0 Å². The summed E-state index contributed by atoms with van der Waals surface area (Å²) in [5.74, 6) is 0. The van der Waals surface area contributed by atoms with E-state index in [0.29, 0.717) is 0 Å². The van der Waals surface area contributed by atoms with Crippen LogP contribution in [0.15, 0.2) is 29.9 Å². The highest BCUT2D eigenvalue weighted by molar-refractivity contribution is 5.93. The predicted octanol–water partition coefficient (Wildman–Crippen LogP) is 2.95. The maximum atomic E-state index is 3.99. The van der Waals surface area contributed by atoms with Crippen molar-refractivity contribution in [2.75, 3.05) is 0 Å². The Morgan fingerprint density at radius 2 is 2.30 bits per heavy atom. The van der Waals surface area contributed by atoms with Crippen LogP contribution in [0.4, 0.5) is 0 Å². The molecule has 1 heteroatoms. The Morgan fingerprint density at radius 3 is 2.80 bits per heavy atom. The molecule has 0 saturated heterocycles. The third kappa shape index (κ3) is 5.29. The molecular formula is C9H15N. The van der Waals surface area contributed by atoms with Gasteiger partial charge in [0.2, 0.25) is 0 Å². The minimum atomic E-state index is 1.02. The molecule has 10 heavy (non-hydrogen) atoms. The highest BCUT2D eigenvalue weighted by atomic mass is 14.7. The Morgan fingerprint density at radius 1 is 1.60 bits per heavy atom. The Hall–Kier alpha value is -0.850. The van der Waals surface area contributed by atoms with Crippen molar-refractivity contribution < 1.29 is 0 Å². The molecule has 0 unspecified atom stereocenters. The normalized spacial score (nSPS) is 12.4. The van der Waals surface area contributed by atoms with Gasteiger partial charge in [-0.3, -0.25) is 4.99 Å². The average Bonchev–Trinajstić information content (AvgIpc) is 1.89. The van der Waals surface area contributed by atoms with Crippen molar-refractivity contribution >= 4 is 5.71 Å². The number of hydrogen-bond donors (Lipinski definition) is 0. The largest absolute Gasteiger partial charge is 0.262 e. The first-order chi connectivity index (χ1) is 4.81. The number of nitrogens with zero attached hydrogens (tertiary/aromatic N) is 1. The van der Waals surface area contributed by atoms with Gasteiger partial charge in [0.1, 0.15) is 0 Å². The fraction of sp³-hybridized carbons (Fsp3) is 0.444. The Labute approximate surface area is 63.2 Å². The van der Waals surface area contributed by atoms with Crippen molar-refractivity contribution in [2.24, 2.45) is 4.99 Å². The van der Waals surface area contributed by atoms with Crippen LogP contribution in [0.1, 0.15) is 26.7 Å². The van der Waals surface area contributed by atoms with Crippen LogP contribution in [0.25, 0.3) is 0 Å². The van der Waals surface area contributed by atoms with Gasteiger partial charge in [-0.15, -0.1) is 0 Å². The molecule has 0 radical (unpaired) electrons. The van der Waals surface area contributed by atoms with Crippen LogP contribution in [-0.2, 0) is 0 Å². The average molecular weight is 137 g/mol. The molecule has 0 rings (SSSR count). The van der Waals surface area contributed by atoms with Crippen molar-refractivity contribution in [1.29, 1.82) is 0 Å². The van der Waals surface area contributed by atoms with Gasteiger partial charge in [0.05, 0.1) is 0 Å². The molecule has 0 spiro atoms. The molecule has 0 amide bonds. The van der Waals surface area contributed by atoms with E-state index in [4.69, 9.17) is 0 Å². The third-order valence-electron chi connectivity index (χ3n) is 1.11. The van der Waals surface area contributed by atoms with Crippen LogP contribution in [0.3, 0.4) is 0 Å². The second-order valence-corrected chi connectivity index (χ2v) is 2.14. The van der Waals surface area contributed by atoms with Gasteiger partial charge in [0.15, 0.2) is 0 Å². The summed E-state index contributed by atoms with van der Waals surface area (Å²) < 4.78 is 0. The number of hydrogen-bond acceptors (Lipinski definition) is 1. The fourth-order valence-corrected chi connectivity index (χ4v) is 0.608. The van der Waals surface area contributed by atoms with E-state index in [9.17, 15) is 0 Å². The van der Waals surface area contributed by atoms with E-state index < -0.39 is 0 Å². The molecule has 1 nitrogen and oxygen atoms in total. The number of allylic oxidation sites excluding steroid dienone is 2. The van der Waals surface area contributed by atoms with Crippen LogP contribution in [0, 0.1) is 0 Å². The van der Waals surface area contributed by atoms with Crippen molar-refractivity contribution in [3.8, 4) is 0 Å². The van der Waals surface area contributed by atoms with E-state index >= 15 is 0 Å². The molecule has 0 N–H and O–H groups in total. The smallest absolute Gasteiger partial charge is 0.0369 e. The zero-order chi connectivity index (χ0) is 7.82. The summed E-state index contributed by atoms with van der Waals surface area (Å²) in [6.45, 7) is 7.63. The summed E-state index contributed by atoms with van der Waals surface area (Å²) in [6, 6.07) is 0. The molecule has 0 fully saturated rings. The van der Waals surface area contributed by atoms with Gasteiger partial charge in [-0.1, -0.05) is 26.0 Å². The molecule has 0 heterocycles. The fourth-order valence-electron chi connectivity index (χ4n) is 0.608. The zero-order valence-electron chi connectivity index (χ0n) is 6.80. The molecular weight excluding hydrogens is 122 g/mol. The minimum absolute atomic E-state index is 1.02. The van der Waals surface area contributed by atoms with Gasteiger partial charge in [-0.05, 0) is 19.4 Å². The Balaban J connectivity index is 3.65. The molecule has 56 valence electrons. The van der Waals surface area contributed by atoms with Gasteiger partial charge in [-0.25, -0.2) is 0 Å². The lowest BCUT2D eigenvalue weighted by atomic mass is 10.3.